The van der Waals surface area contributed by atoms with E-state index in [2.05, 4.69) is 25.7 Å². The number of phenolic OH excluding ortho intramolecular Hbond substituents is 2. The van der Waals surface area contributed by atoms with Crippen molar-refractivity contribution in [3.8, 4) is 11.5 Å². The number of urea groups is 2. The zero-order valence-electron chi connectivity index (χ0n) is 35.2. The molecule has 3 fully saturated rings. The Hall–Kier alpha value is -6.92. The van der Waals surface area contributed by atoms with Crippen LogP contribution >= 0.6 is 35.7 Å². The summed E-state index contributed by atoms with van der Waals surface area (Å²) in [5.41, 5.74) is 1.59. The topological polar surface area (TPSA) is 267 Å². The van der Waals surface area contributed by atoms with Gasteiger partial charge in [-0.05, 0) is 47.9 Å². The van der Waals surface area contributed by atoms with E-state index in [0.717, 1.165) is 15.5 Å². The Kier molecular flexibility index (Phi) is 13.3. The molecule has 3 saturated heterocycles. The molecule has 2 aromatic carbocycles. The minimum absolute atomic E-state index is 0.0534. The van der Waals surface area contributed by atoms with Crippen molar-refractivity contribution in [2.24, 2.45) is 5.10 Å². The first-order valence-electron chi connectivity index (χ1n) is 20.7. The van der Waals surface area contributed by atoms with E-state index in [0.29, 0.717) is 83.5 Å². The normalized spacial score (nSPS) is 18.4. The summed E-state index contributed by atoms with van der Waals surface area (Å²) in [6.07, 6.45) is 3.90. The lowest BCUT2D eigenvalue weighted by Gasteiger charge is -2.52. The van der Waals surface area contributed by atoms with Crippen LogP contribution in [0.1, 0.15) is 28.4 Å². The van der Waals surface area contributed by atoms with Crippen LogP contribution in [0, 0.1) is 0 Å². The molecule has 4 aliphatic heterocycles. The van der Waals surface area contributed by atoms with Crippen LogP contribution in [-0.4, -0.2) is 164 Å². The van der Waals surface area contributed by atoms with Crippen LogP contribution in [0.2, 0.25) is 0 Å². The number of aliphatic carboxylic acids is 1. The smallest absolute Gasteiger partial charge is 0.352 e. The van der Waals surface area contributed by atoms with Gasteiger partial charge < -0.3 is 50.3 Å². The second kappa shape index (κ2) is 19.3. The van der Waals surface area contributed by atoms with Gasteiger partial charge in [-0.3, -0.25) is 9.59 Å². The van der Waals surface area contributed by atoms with E-state index in [1.165, 1.54) is 60.3 Å². The Morgan fingerprint density at radius 2 is 1.77 bits per heavy atom. The number of hydrazone groups is 1. The highest BCUT2D eigenvalue weighted by molar-refractivity contribution is 8.23. The predicted octanol–water partition coefficient (Wildman–Crippen LogP) is 2.82. The number of carboxylic acids is 2. The third-order valence-electron chi connectivity index (χ3n) is 11.4. The van der Waals surface area contributed by atoms with Crippen LogP contribution in [0.3, 0.4) is 0 Å². The Balaban J connectivity index is 0.815. The Morgan fingerprint density at radius 1 is 1.00 bits per heavy atom. The number of aromatic hydroxyl groups is 2. The fraction of sp³-hybridized carbons (Fsp3) is 0.333. The van der Waals surface area contributed by atoms with E-state index < -0.39 is 29.4 Å². The number of rotatable bonds is 12. The number of piperazine rings is 1. The summed E-state index contributed by atoms with van der Waals surface area (Å²) in [5, 5.41) is 49.8. The molecule has 0 bridgehead atoms. The van der Waals surface area contributed by atoms with Gasteiger partial charge in [-0.15, -0.1) is 11.8 Å². The zero-order chi connectivity index (χ0) is 46.8. The summed E-state index contributed by atoms with van der Waals surface area (Å²) in [6.45, 7) is 4.89. The number of aromatic nitrogens is 3. The molecule has 21 nitrogen and oxygen atoms in total. The SMILES string of the molecule is CCn1cc(C(=O)O)c(=O)c2cnc(N3CCN(C(=S)SCC4=C(C(=O)O)N5C[C@@H](NC(=O)Cc6ccccc6NC(=O)N6CCN(N=Cc7ccc(O)c(O)c7)C6=O)[C@H]5SC4)CC3)nc21. The number of para-hydroxylation sites is 1. The van der Waals surface area contributed by atoms with Crippen LogP contribution in [0.25, 0.3) is 11.0 Å². The van der Waals surface area contributed by atoms with Gasteiger partial charge in [0.2, 0.25) is 17.3 Å². The first-order chi connectivity index (χ1) is 31.7. The number of hydrogen-bond donors (Lipinski definition) is 6. The molecule has 0 saturated carbocycles. The van der Waals surface area contributed by atoms with Gasteiger partial charge in [-0.1, -0.05) is 42.2 Å². The van der Waals surface area contributed by atoms with E-state index in [1.807, 2.05) is 16.7 Å². The molecule has 0 radical (unpaired) electrons. The Labute approximate surface area is 389 Å². The molecule has 8 rings (SSSR count). The molecule has 0 unspecified atom stereocenters. The number of fused-ring (bicyclic) bond motifs is 2. The lowest BCUT2D eigenvalue weighted by Crippen LogP contribution is -2.66. The minimum atomic E-state index is -1.31. The average Bonchev–Trinajstić information content (AvgIpc) is 3.67. The largest absolute Gasteiger partial charge is 0.504 e. The van der Waals surface area contributed by atoms with Crippen molar-refractivity contribution < 1.29 is 44.4 Å². The molecule has 4 aromatic rings. The summed E-state index contributed by atoms with van der Waals surface area (Å²) in [6, 6.07) is 9.10. The second-order valence-electron chi connectivity index (χ2n) is 15.5. The fourth-order valence-corrected chi connectivity index (χ4v) is 10.7. The number of aromatic carboxylic acids is 1. The van der Waals surface area contributed by atoms with Gasteiger partial charge in [0.15, 0.2) is 11.5 Å². The number of hydrogen-bond acceptors (Lipinski definition) is 16. The van der Waals surface area contributed by atoms with E-state index >= 15 is 0 Å². The second-order valence-corrected chi connectivity index (χ2v) is 18.2. The van der Waals surface area contributed by atoms with Gasteiger partial charge in [0.05, 0.1) is 42.5 Å². The van der Waals surface area contributed by atoms with E-state index in [9.17, 15) is 49.2 Å². The standard InChI is InChI=1S/C42H43N11O10S3/c1-2-48-19-27(37(58)59)34(57)26-18-43-39(47-35(26)48)49-9-11-50(12-10-49)42(64)66-22-25-21-65-36-29(20-52(36)33(25)38(60)61)45-32(56)16-24-5-3-4-6-28(24)46-40(62)51-13-14-53(41(51)63)44-17-23-7-8-30(54)31(55)15-23/h3-8,15,17-19,29,36,54-55H,2,9-14,16,20-22H2,1H3,(H,45,56)(H,46,62)(H,58,59)(H,60,61)/t29-,36-/m1/s1. The highest BCUT2D eigenvalue weighted by atomic mass is 32.2. The van der Waals surface area contributed by atoms with Gasteiger partial charge in [0.25, 0.3) is 0 Å². The number of pyridine rings is 1. The molecule has 6 heterocycles. The van der Waals surface area contributed by atoms with E-state index in [-0.39, 0.29) is 65.0 Å². The van der Waals surface area contributed by atoms with Crippen LogP contribution in [0.5, 0.6) is 11.5 Å². The van der Waals surface area contributed by atoms with Gasteiger partial charge in [0, 0.05) is 68.9 Å². The molecule has 2 atom stereocenters. The van der Waals surface area contributed by atoms with Crippen molar-refractivity contribution in [1.29, 1.82) is 0 Å². The molecule has 0 spiro atoms. The number of thiocarbonyl (C=S) groups is 1. The lowest BCUT2D eigenvalue weighted by atomic mass is 10.0. The van der Waals surface area contributed by atoms with Gasteiger partial charge in [-0.2, -0.15) is 10.1 Å². The number of amides is 5. The highest BCUT2D eigenvalue weighted by Crippen LogP contribution is 2.40. The van der Waals surface area contributed by atoms with Gasteiger partial charge in [0.1, 0.15) is 21.2 Å². The summed E-state index contributed by atoms with van der Waals surface area (Å²) in [5.74, 6) is -2.11. The van der Waals surface area contributed by atoms with E-state index in [4.69, 9.17) is 12.2 Å². The number of nitrogens with zero attached hydrogens (tertiary/aromatic N) is 9. The van der Waals surface area contributed by atoms with Crippen molar-refractivity contribution in [1.82, 2.24) is 39.6 Å². The maximum Gasteiger partial charge on any atom is 0.352 e. The Bertz CT molecular complexity index is 2780. The third-order valence-corrected chi connectivity index (χ3v) is 14.4. The minimum Gasteiger partial charge on any atom is -0.504 e. The molecule has 6 N–H and O–H groups in total. The number of thioether (sulfide) groups is 2. The number of carbonyl (C=O) groups excluding carboxylic acids is 3. The van der Waals surface area contributed by atoms with Crippen molar-refractivity contribution in [2.75, 3.05) is 67.5 Å². The number of nitrogens with one attached hydrogen (secondary N) is 2. The molecule has 4 aliphatic rings. The van der Waals surface area contributed by atoms with Crippen molar-refractivity contribution >= 4 is 98.9 Å². The molecular weight excluding hydrogens is 915 g/mol. The average molecular weight is 958 g/mol. The fourth-order valence-electron chi connectivity index (χ4n) is 7.89. The number of carboxylic acid groups (broad SMARTS) is 2. The quantitative estimate of drug-likeness (QED) is 0.0677. The van der Waals surface area contributed by atoms with Crippen LogP contribution in [-0.2, 0) is 22.6 Å². The predicted molar refractivity (Wildman–Crippen MR) is 250 cm³/mol. The van der Waals surface area contributed by atoms with Crippen molar-refractivity contribution in [2.45, 2.75) is 31.3 Å². The maximum absolute atomic E-state index is 13.4. The number of anilines is 2. The lowest BCUT2D eigenvalue weighted by molar-refractivity contribution is -0.135. The van der Waals surface area contributed by atoms with Gasteiger partial charge >= 0.3 is 24.0 Å². The highest BCUT2D eigenvalue weighted by Gasteiger charge is 2.46. The molecule has 5 amide bonds. The number of imide groups is 1. The first-order valence-corrected chi connectivity index (χ1v) is 23.1. The monoisotopic (exact) mass is 957 g/mol. The molecular formula is C42H43N11O10S3. The number of carbonyl (C=O) groups is 5. The third kappa shape index (κ3) is 9.42. The number of aryl methyl sites for hydroxylation is 1. The van der Waals surface area contributed by atoms with Crippen LogP contribution in [0.15, 0.2) is 76.0 Å². The molecule has 24 heteroatoms. The van der Waals surface area contributed by atoms with Crippen molar-refractivity contribution in [3.63, 3.8) is 0 Å². The molecule has 344 valence electrons. The van der Waals surface area contributed by atoms with Crippen molar-refractivity contribution in [3.05, 3.63) is 93.0 Å². The zero-order valence-corrected chi connectivity index (χ0v) is 37.6. The number of phenols is 2. The molecule has 0 aliphatic carbocycles. The summed E-state index contributed by atoms with van der Waals surface area (Å²) in [7, 11) is 0. The first kappa shape index (κ1) is 45.6. The summed E-state index contributed by atoms with van der Waals surface area (Å²) >= 11 is 8.72. The summed E-state index contributed by atoms with van der Waals surface area (Å²) < 4.78 is 2.24. The number of benzene rings is 2. The molecule has 2 aromatic heterocycles. The van der Waals surface area contributed by atoms with Crippen LogP contribution < -0.4 is 21.0 Å². The van der Waals surface area contributed by atoms with Crippen LogP contribution in [0.4, 0.5) is 21.2 Å². The Morgan fingerprint density at radius 3 is 2.50 bits per heavy atom. The summed E-state index contributed by atoms with van der Waals surface area (Å²) in [4.78, 5) is 92.4. The van der Waals surface area contributed by atoms with Gasteiger partial charge in [-0.25, -0.2) is 34.1 Å². The maximum atomic E-state index is 13.4. The molecule has 66 heavy (non-hydrogen) atoms. The van der Waals surface area contributed by atoms with E-state index in [1.54, 1.807) is 33.7 Å².